The van der Waals surface area contributed by atoms with E-state index in [1.165, 1.54) is 26.2 Å². The van der Waals surface area contributed by atoms with Crippen molar-refractivity contribution in [2.24, 2.45) is 11.7 Å². The molecule has 0 aromatic rings. The highest BCUT2D eigenvalue weighted by atomic mass is 16.5. The summed E-state index contributed by atoms with van der Waals surface area (Å²) < 4.78 is 5.55. The molecule has 0 amide bonds. The van der Waals surface area contributed by atoms with Crippen LogP contribution in [-0.2, 0) is 4.74 Å². The Morgan fingerprint density at radius 2 is 2.18 bits per heavy atom. The van der Waals surface area contributed by atoms with Gasteiger partial charge in [0.25, 0.3) is 0 Å². The summed E-state index contributed by atoms with van der Waals surface area (Å²) in [4.78, 5) is 5.11. The van der Waals surface area contributed by atoms with E-state index in [9.17, 15) is 0 Å². The average Bonchev–Trinajstić information content (AvgIpc) is 2.32. The maximum absolute atomic E-state index is 6.17. The zero-order valence-corrected chi connectivity index (χ0v) is 11.3. The number of rotatable bonds is 3. The zero-order chi connectivity index (χ0) is 12.3. The normalized spacial score (nSPS) is 37.2. The first-order valence-corrected chi connectivity index (χ1v) is 7.00. The van der Waals surface area contributed by atoms with Gasteiger partial charge in [-0.15, -0.1) is 0 Å². The van der Waals surface area contributed by atoms with Gasteiger partial charge in [0.15, 0.2) is 0 Å². The van der Waals surface area contributed by atoms with E-state index in [1.54, 1.807) is 0 Å². The summed E-state index contributed by atoms with van der Waals surface area (Å²) in [6.45, 7) is 12.1. The molecule has 2 aliphatic rings. The van der Waals surface area contributed by atoms with Crippen molar-refractivity contribution in [1.82, 2.24) is 9.80 Å². The summed E-state index contributed by atoms with van der Waals surface area (Å²) in [7, 11) is 0. The maximum Gasteiger partial charge on any atom is 0.0521 e. The van der Waals surface area contributed by atoms with Crippen LogP contribution in [0, 0.1) is 5.92 Å². The highest BCUT2D eigenvalue weighted by Gasteiger charge is 2.28. The van der Waals surface area contributed by atoms with Crippen LogP contribution in [0.3, 0.4) is 0 Å². The van der Waals surface area contributed by atoms with Crippen LogP contribution in [0.25, 0.3) is 0 Å². The van der Waals surface area contributed by atoms with Crippen LogP contribution in [0.15, 0.2) is 0 Å². The minimum absolute atomic E-state index is 0.336. The summed E-state index contributed by atoms with van der Waals surface area (Å²) in [5, 5.41) is 0. The van der Waals surface area contributed by atoms with E-state index in [-0.39, 0.29) is 0 Å². The van der Waals surface area contributed by atoms with Crippen molar-refractivity contribution in [3.63, 3.8) is 0 Å². The third kappa shape index (κ3) is 3.41. The van der Waals surface area contributed by atoms with Gasteiger partial charge in [0, 0.05) is 50.8 Å². The molecule has 2 aliphatic heterocycles. The molecular weight excluding hydrogens is 214 g/mol. The summed E-state index contributed by atoms with van der Waals surface area (Å²) in [5.74, 6) is 0.532. The van der Waals surface area contributed by atoms with Crippen molar-refractivity contribution < 1.29 is 4.74 Å². The number of hydrogen-bond acceptors (Lipinski definition) is 4. The van der Waals surface area contributed by atoms with Crippen LogP contribution in [-0.4, -0.2) is 67.8 Å². The van der Waals surface area contributed by atoms with Crippen LogP contribution >= 0.6 is 0 Å². The monoisotopic (exact) mass is 241 g/mol. The summed E-state index contributed by atoms with van der Waals surface area (Å²) >= 11 is 0. The lowest BCUT2D eigenvalue weighted by Gasteiger charge is -2.42. The quantitative estimate of drug-likeness (QED) is 0.775. The van der Waals surface area contributed by atoms with E-state index >= 15 is 0 Å². The standard InChI is InChI=1S/C13H27N3O/c1-3-16-6-5-15(8-11(16)2)9-12-10-17-7-4-13(12)14/h11-13H,3-10,14H2,1-2H3. The van der Waals surface area contributed by atoms with Gasteiger partial charge in [-0.3, -0.25) is 4.90 Å². The zero-order valence-electron chi connectivity index (χ0n) is 11.3. The number of ether oxygens (including phenoxy) is 1. The van der Waals surface area contributed by atoms with Crippen molar-refractivity contribution in [3.05, 3.63) is 0 Å². The molecule has 2 fully saturated rings. The molecule has 0 aromatic carbocycles. The second-order valence-corrected chi connectivity index (χ2v) is 5.52. The van der Waals surface area contributed by atoms with Gasteiger partial charge in [0.05, 0.1) is 6.61 Å². The Morgan fingerprint density at radius 1 is 1.35 bits per heavy atom. The second-order valence-electron chi connectivity index (χ2n) is 5.52. The third-order valence-electron chi connectivity index (χ3n) is 4.28. The molecule has 2 N–H and O–H groups in total. The van der Waals surface area contributed by atoms with Crippen LogP contribution in [0.5, 0.6) is 0 Å². The molecule has 0 aliphatic carbocycles. The largest absolute Gasteiger partial charge is 0.381 e. The van der Waals surface area contributed by atoms with E-state index in [0.29, 0.717) is 18.0 Å². The summed E-state index contributed by atoms with van der Waals surface area (Å²) in [6.07, 6.45) is 1.02. The van der Waals surface area contributed by atoms with Crippen LogP contribution in [0.4, 0.5) is 0 Å². The van der Waals surface area contributed by atoms with Crippen molar-refractivity contribution in [3.8, 4) is 0 Å². The maximum atomic E-state index is 6.17. The summed E-state index contributed by atoms with van der Waals surface area (Å²) in [5.41, 5.74) is 6.17. The van der Waals surface area contributed by atoms with Gasteiger partial charge in [-0.1, -0.05) is 6.92 Å². The first-order valence-electron chi connectivity index (χ1n) is 7.00. The van der Waals surface area contributed by atoms with Crippen LogP contribution in [0.2, 0.25) is 0 Å². The molecule has 4 heteroatoms. The average molecular weight is 241 g/mol. The van der Waals surface area contributed by atoms with Gasteiger partial charge in [-0.2, -0.15) is 0 Å². The van der Waals surface area contributed by atoms with E-state index in [2.05, 4.69) is 23.6 Å². The molecule has 0 bridgehead atoms. The molecule has 100 valence electrons. The van der Waals surface area contributed by atoms with E-state index in [4.69, 9.17) is 10.5 Å². The molecule has 4 nitrogen and oxygen atoms in total. The first kappa shape index (κ1) is 13.3. The summed E-state index contributed by atoms with van der Waals surface area (Å²) in [6, 6.07) is 1.01. The Balaban J connectivity index is 1.79. The lowest BCUT2D eigenvalue weighted by atomic mass is 9.95. The van der Waals surface area contributed by atoms with E-state index in [0.717, 1.165) is 26.2 Å². The highest BCUT2D eigenvalue weighted by Crippen LogP contribution is 2.17. The predicted molar refractivity (Wildman–Crippen MR) is 70.1 cm³/mol. The number of nitrogens with zero attached hydrogens (tertiary/aromatic N) is 2. The van der Waals surface area contributed by atoms with Gasteiger partial charge >= 0.3 is 0 Å². The fourth-order valence-electron chi connectivity index (χ4n) is 3.04. The van der Waals surface area contributed by atoms with Crippen molar-refractivity contribution in [2.45, 2.75) is 32.4 Å². The fraction of sp³-hybridized carbons (Fsp3) is 1.00. The second kappa shape index (κ2) is 6.14. The van der Waals surface area contributed by atoms with Crippen molar-refractivity contribution in [2.75, 3.05) is 45.9 Å². The number of likely N-dealkylation sites (N-methyl/N-ethyl adjacent to an activating group) is 1. The Kier molecular flexibility index (Phi) is 4.79. The van der Waals surface area contributed by atoms with Crippen LogP contribution in [0.1, 0.15) is 20.3 Å². The fourth-order valence-corrected chi connectivity index (χ4v) is 3.04. The Hall–Kier alpha value is -0.160. The molecule has 3 atom stereocenters. The van der Waals surface area contributed by atoms with Crippen molar-refractivity contribution in [1.29, 1.82) is 0 Å². The Labute approximate surface area is 105 Å². The molecule has 2 saturated heterocycles. The van der Waals surface area contributed by atoms with Gasteiger partial charge in [0.2, 0.25) is 0 Å². The minimum Gasteiger partial charge on any atom is -0.381 e. The van der Waals surface area contributed by atoms with Crippen molar-refractivity contribution >= 4 is 0 Å². The molecule has 2 rings (SSSR count). The van der Waals surface area contributed by atoms with E-state index < -0.39 is 0 Å². The number of piperazine rings is 1. The molecule has 2 heterocycles. The SMILES string of the molecule is CCN1CCN(CC2COCCC2N)CC1C. The van der Waals surface area contributed by atoms with E-state index in [1.807, 2.05) is 0 Å². The number of hydrogen-bond donors (Lipinski definition) is 1. The first-order chi connectivity index (χ1) is 8.20. The van der Waals surface area contributed by atoms with Gasteiger partial charge in [0.1, 0.15) is 0 Å². The smallest absolute Gasteiger partial charge is 0.0521 e. The lowest BCUT2D eigenvalue weighted by Crippen LogP contribution is -2.54. The van der Waals surface area contributed by atoms with Crippen LogP contribution < -0.4 is 5.73 Å². The Bertz CT molecular complexity index is 237. The molecule has 0 spiro atoms. The van der Waals surface area contributed by atoms with Gasteiger partial charge in [-0.05, 0) is 19.9 Å². The highest BCUT2D eigenvalue weighted by molar-refractivity contribution is 4.84. The third-order valence-corrected chi connectivity index (χ3v) is 4.28. The minimum atomic E-state index is 0.336. The molecule has 0 aromatic heterocycles. The number of nitrogens with two attached hydrogens (primary N) is 1. The Morgan fingerprint density at radius 3 is 2.82 bits per heavy atom. The topological polar surface area (TPSA) is 41.7 Å². The molecule has 0 radical (unpaired) electrons. The molecule has 3 unspecified atom stereocenters. The molecule has 0 saturated carbocycles. The lowest BCUT2D eigenvalue weighted by molar-refractivity contribution is 0.00985. The predicted octanol–water partition coefficient (Wildman–Crippen LogP) is 0.376. The molecule has 17 heavy (non-hydrogen) atoms. The molecular formula is C13H27N3O. The van der Waals surface area contributed by atoms with Gasteiger partial charge < -0.3 is 15.4 Å². The van der Waals surface area contributed by atoms with Gasteiger partial charge in [-0.25, -0.2) is 0 Å².